The van der Waals surface area contributed by atoms with Gasteiger partial charge in [0.1, 0.15) is 17.3 Å². The van der Waals surface area contributed by atoms with Crippen molar-refractivity contribution in [3.8, 4) is 0 Å². The molecule has 0 atom stereocenters. The number of rotatable bonds is 6. The van der Waals surface area contributed by atoms with Crippen LogP contribution >= 0.6 is 11.6 Å². The second-order valence-electron chi connectivity index (χ2n) is 5.79. The van der Waals surface area contributed by atoms with Gasteiger partial charge in [0.2, 0.25) is 0 Å². The van der Waals surface area contributed by atoms with Gasteiger partial charge in [0, 0.05) is 37.8 Å². The molecule has 0 aliphatic rings. The van der Waals surface area contributed by atoms with E-state index in [2.05, 4.69) is 15.4 Å². The average molecular weight is 374 g/mol. The van der Waals surface area contributed by atoms with Crippen molar-refractivity contribution in [2.45, 2.75) is 13.0 Å². The van der Waals surface area contributed by atoms with E-state index in [1.54, 1.807) is 37.5 Å². The number of benzene rings is 1. The number of aromatic nitrogens is 3. The van der Waals surface area contributed by atoms with Crippen molar-refractivity contribution in [1.82, 2.24) is 14.8 Å². The van der Waals surface area contributed by atoms with Crippen LogP contribution in [0, 0.1) is 5.82 Å². The molecular formula is C18H17ClFN5O. The number of nitrogen functional groups attached to an aromatic ring is 1. The molecule has 3 rings (SSSR count). The van der Waals surface area contributed by atoms with Gasteiger partial charge in [0.05, 0.1) is 5.69 Å². The topological polar surface area (TPSA) is 85.8 Å². The highest BCUT2D eigenvalue weighted by molar-refractivity contribution is 6.29. The van der Waals surface area contributed by atoms with Crippen molar-refractivity contribution < 1.29 is 9.18 Å². The number of nitrogens with zero attached hydrogens (tertiary/aromatic N) is 3. The van der Waals surface area contributed by atoms with Crippen LogP contribution in [0.15, 0.2) is 42.6 Å². The average Bonchev–Trinajstić information content (AvgIpc) is 2.95. The summed E-state index contributed by atoms with van der Waals surface area (Å²) in [5.74, 6) is -0.166. The van der Waals surface area contributed by atoms with E-state index in [1.807, 2.05) is 0 Å². The lowest BCUT2D eigenvalue weighted by Crippen LogP contribution is -2.10. The Morgan fingerprint density at radius 3 is 2.85 bits per heavy atom. The lowest BCUT2D eigenvalue weighted by Gasteiger charge is -2.10. The maximum absolute atomic E-state index is 14.1. The summed E-state index contributed by atoms with van der Waals surface area (Å²) in [6.45, 7) is 0.224. The van der Waals surface area contributed by atoms with Gasteiger partial charge in [0.15, 0.2) is 10.9 Å². The molecule has 0 amide bonds. The molecule has 1 aromatic carbocycles. The number of carbonyl (C=O) groups is 1. The zero-order chi connectivity index (χ0) is 18.7. The Bertz CT molecular complexity index is 957. The zero-order valence-corrected chi connectivity index (χ0v) is 14.8. The summed E-state index contributed by atoms with van der Waals surface area (Å²) >= 11 is 5.81. The molecule has 3 aromatic rings. The molecule has 0 bridgehead atoms. The Hall–Kier alpha value is -2.93. The third kappa shape index (κ3) is 4.00. The number of halogens is 2. The summed E-state index contributed by atoms with van der Waals surface area (Å²) in [5, 5.41) is 7.26. The van der Waals surface area contributed by atoms with Gasteiger partial charge in [-0.25, -0.2) is 9.37 Å². The summed E-state index contributed by atoms with van der Waals surface area (Å²) in [6.07, 6.45) is 1.70. The molecule has 0 aliphatic carbocycles. The van der Waals surface area contributed by atoms with Gasteiger partial charge in [-0.1, -0.05) is 23.7 Å². The number of aryl methyl sites for hydroxylation is 1. The standard InChI is InChI=1S/C18H17ClFN5O/c1-25-15(9-17(19)24-25)16(26)8-11-4-5-13(20)12(7-11)10-23-14-3-2-6-22-18(14)21/h2-7,9,23H,8,10H2,1H3,(H2,21,22). The van der Waals surface area contributed by atoms with Crippen LogP contribution in [0.5, 0.6) is 0 Å². The first kappa shape index (κ1) is 17.9. The summed E-state index contributed by atoms with van der Waals surface area (Å²) in [6, 6.07) is 9.62. The van der Waals surface area contributed by atoms with E-state index >= 15 is 0 Å². The van der Waals surface area contributed by atoms with Crippen molar-refractivity contribution in [1.29, 1.82) is 0 Å². The van der Waals surface area contributed by atoms with E-state index in [1.165, 1.54) is 16.8 Å². The molecule has 0 saturated carbocycles. The molecule has 0 radical (unpaired) electrons. The van der Waals surface area contributed by atoms with Gasteiger partial charge >= 0.3 is 0 Å². The summed E-state index contributed by atoms with van der Waals surface area (Å²) in [4.78, 5) is 16.4. The quantitative estimate of drug-likeness (QED) is 0.648. The number of nitrogens with one attached hydrogen (secondary N) is 1. The molecule has 0 unspecified atom stereocenters. The number of anilines is 2. The number of nitrogens with two attached hydrogens (primary N) is 1. The number of hydrogen-bond donors (Lipinski definition) is 2. The van der Waals surface area contributed by atoms with Gasteiger partial charge < -0.3 is 11.1 Å². The maximum Gasteiger partial charge on any atom is 0.185 e. The third-order valence-electron chi connectivity index (χ3n) is 3.92. The third-order valence-corrected chi connectivity index (χ3v) is 4.10. The summed E-state index contributed by atoms with van der Waals surface area (Å²) in [5.41, 5.74) is 7.93. The van der Waals surface area contributed by atoms with E-state index in [-0.39, 0.29) is 29.7 Å². The van der Waals surface area contributed by atoms with Crippen molar-refractivity contribution >= 4 is 28.9 Å². The molecular weight excluding hydrogens is 357 g/mol. The van der Waals surface area contributed by atoms with Crippen molar-refractivity contribution in [3.63, 3.8) is 0 Å². The van der Waals surface area contributed by atoms with Crippen LogP contribution in [0.2, 0.25) is 5.15 Å². The number of Topliss-reactive ketones (excluding diaryl/α,β-unsaturated/α-hetero) is 1. The van der Waals surface area contributed by atoms with Crippen LogP contribution in [-0.2, 0) is 20.0 Å². The summed E-state index contributed by atoms with van der Waals surface area (Å²) in [7, 11) is 1.65. The number of pyridine rings is 1. The number of ketones is 1. The molecule has 0 fully saturated rings. The highest BCUT2D eigenvalue weighted by Crippen LogP contribution is 2.18. The first-order chi connectivity index (χ1) is 12.4. The molecule has 0 spiro atoms. The van der Waals surface area contributed by atoms with E-state index in [4.69, 9.17) is 17.3 Å². The lowest BCUT2D eigenvalue weighted by molar-refractivity contribution is 0.0984. The highest BCUT2D eigenvalue weighted by Gasteiger charge is 2.14. The Balaban J connectivity index is 1.74. The smallest absolute Gasteiger partial charge is 0.185 e. The Morgan fingerprint density at radius 2 is 2.15 bits per heavy atom. The second kappa shape index (κ2) is 7.53. The zero-order valence-electron chi connectivity index (χ0n) is 14.0. The van der Waals surface area contributed by atoms with Crippen LogP contribution in [0.1, 0.15) is 21.6 Å². The fraction of sp³-hybridized carbons (Fsp3) is 0.167. The summed E-state index contributed by atoms with van der Waals surface area (Å²) < 4.78 is 15.5. The molecule has 26 heavy (non-hydrogen) atoms. The molecule has 6 nitrogen and oxygen atoms in total. The van der Waals surface area contributed by atoms with E-state index in [9.17, 15) is 9.18 Å². The molecule has 2 aromatic heterocycles. The fourth-order valence-electron chi connectivity index (χ4n) is 2.60. The van der Waals surface area contributed by atoms with Gasteiger partial charge in [-0.2, -0.15) is 5.10 Å². The minimum Gasteiger partial charge on any atom is -0.382 e. The minimum absolute atomic E-state index is 0.123. The predicted molar refractivity (Wildman–Crippen MR) is 98.6 cm³/mol. The van der Waals surface area contributed by atoms with Gasteiger partial charge in [-0.3, -0.25) is 9.48 Å². The predicted octanol–water partition coefficient (Wildman–Crippen LogP) is 3.23. The maximum atomic E-state index is 14.1. The van der Waals surface area contributed by atoms with Crippen molar-refractivity contribution in [3.05, 3.63) is 70.4 Å². The van der Waals surface area contributed by atoms with Crippen LogP contribution in [0.3, 0.4) is 0 Å². The first-order valence-electron chi connectivity index (χ1n) is 7.88. The largest absolute Gasteiger partial charge is 0.382 e. The van der Waals surface area contributed by atoms with Crippen LogP contribution in [0.25, 0.3) is 0 Å². The van der Waals surface area contributed by atoms with Crippen molar-refractivity contribution in [2.24, 2.45) is 7.05 Å². The van der Waals surface area contributed by atoms with Crippen molar-refractivity contribution in [2.75, 3.05) is 11.1 Å². The number of hydrogen-bond acceptors (Lipinski definition) is 5. The molecule has 2 heterocycles. The van der Waals surface area contributed by atoms with Gasteiger partial charge in [0.25, 0.3) is 0 Å². The van der Waals surface area contributed by atoms with E-state index < -0.39 is 0 Å². The molecule has 134 valence electrons. The second-order valence-corrected chi connectivity index (χ2v) is 6.18. The highest BCUT2D eigenvalue weighted by atomic mass is 35.5. The normalized spacial score (nSPS) is 10.7. The van der Waals surface area contributed by atoms with Crippen LogP contribution < -0.4 is 11.1 Å². The molecule has 0 saturated heterocycles. The number of carbonyl (C=O) groups excluding carboxylic acids is 1. The minimum atomic E-state index is -0.361. The molecule has 0 aliphatic heterocycles. The van der Waals surface area contributed by atoms with E-state index in [0.717, 1.165) is 0 Å². The fourth-order valence-corrected chi connectivity index (χ4v) is 2.82. The van der Waals surface area contributed by atoms with Gasteiger partial charge in [-0.05, 0) is 23.8 Å². The Kier molecular flexibility index (Phi) is 5.18. The molecule has 8 heteroatoms. The monoisotopic (exact) mass is 373 g/mol. The SMILES string of the molecule is Cn1nc(Cl)cc1C(=O)Cc1ccc(F)c(CNc2cccnc2N)c1. The lowest BCUT2D eigenvalue weighted by atomic mass is 10.0. The van der Waals surface area contributed by atoms with Crippen LogP contribution in [0.4, 0.5) is 15.9 Å². The Morgan fingerprint density at radius 1 is 1.35 bits per heavy atom. The van der Waals surface area contributed by atoms with E-state index in [0.29, 0.717) is 28.3 Å². The molecule has 3 N–H and O–H groups in total. The van der Waals surface area contributed by atoms with Gasteiger partial charge in [-0.15, -0.1) is 0 Å². The first-order valence-corrected chi connectivity index (χ1v) is 8.26. The van der Waals surface area contributed by atoms with Crippen LogP contribution in [-0.4, -0.2) is 20.5 Å². The Labute approximate surface area is 154 Å².